The fourth-order valence-electron chi connectivity index (χ4n) is 2.25. The molecule has 1 heterocycles. The van der Waals surface area contributed by atoms with Gasteiger partial charge in [-0.2, -0.15) is 0 Å². The Morgan fingerprint density at radius 1 is 1.40 bits per heavy atom. The second-order valence-electron chi connectivity index (χ2n) is 4.82. The smallest absolute Gasteiger partial charge is 0.170 e. The predicted octanol–water partition coefficient (Wildman–Crippen LogP) is 3.04. The minimum atomic E-state index is 0.0827. The zero-order valence-corrected chi connectivity index (χ0v) is 12.2. The Morgan fingerprint density at radius 2 is 2.20 bits per heavy atom. The van der Waals surface area contributed by atoms with E-state index in [1.54, 1.807) is 19.4 Å². The molecule has 0 radical (unpaired) electrons. The van der Waals surface area contributed by atoms with Crippen LogP contribution in [0.2, 0.25) is 0 Å². The van der Waals surface area contributed by atoms with Crippen LogP contribution in [0.25, 0.3) is 0 Å². The summed E-state index contributed by atoms with van der Waals surface area (Å²) >= 11 is 0. The van der Waals surface area contributed by atoms with Crippen molar-refractivity contribution in [1.29, 1.82) is 0 Å². The molecule has 2 aromatic rings. The number of ether oxygens (including phenoxy) is 1. The number of hydrogen-bond donors (Lipinski definition) is 0. The number of rotatable bonds is 6. The van der Waals surface area contributed by atoms with E-state index in [0.717, 1.165) is 30.1 Å². The monoisotopic (exact) mass is 272 g/mol. The first kappa shape index (κ1) is 14.3. The van der Waals surface area contributed by atoms with Gasteiger partial charge in [0.05, 0.1) is 13.5 Å². The van der Waals surface area contributed by atoms with Crippen molar-refractivity contribution in [2.24, 2.45) is 0 Å². The van der Waals surface area contributed by atoms with E-state index in [1.807, 2.05) is 29.8 Å². The Hall–Kier alpha value is -2.10. The standard InChI is InChI=1S/C16H20N2O2/c1-4-8-18-9-7-17-16(18)11-14(19)13-5-6-15(20-3)12(2)10-13/h5-7,9-10H,4,8,11H2,1-3H3. The molecule has 106 valence electrons. The summed E-state index contributed by atoms with van der Waals surface area (Å²) in [5.74, 6) is 1.71. The van der Waals surface area contributed by atoms with E-state index in [2.05, 4.69) is 11.9 Å². The number of aromatic nitrogens is 2. The van der Waals surface area contributed by atoms with Crippen LogP contribution in [0.4, 0.5) is 0 Å². The number of hydrogen-bond acceptors (Lipinski definition) is 3. The molecule has 0 spiro atoms. The van der Waals surface area contributed by atoms with Gasteiger partial charge in [-0.1, -0.05) is 6.92 Å². The van der Waals surface area contributed by atoms with Gasteiger partial charge >= 0.3 is 0 Å². The zero-order valence-electron chi connectivity index (χ0n) is 12.2. The summed E-state index contributed by atoms with van der Waals surface area (Å²) in [6.45, 7) is 4.94. The van der Waals surface area contributed by atoms with Gasteiger partial charge in [-0.25, -0.2) is 4.98 Å². The Kier molecular flexibility index (Phi) is 4.56. The van der Waals surface area contributed by atoms with Crippen LogP contribution in [0.5, 0.6) is 5.75 Å². The largest absolute Gasteiger partial charge is 0.496 e. The van der Waals surface area contributed by atoms with E-state index in [4.69, 9.17) is 4.74 Å². The molecule has 1 aromatic carbocycles. The van der Waals surface area contributed by atoms with Crippen LogP contribution in [0.15, 0.2) is 30.6 Å². The molecule has 0 saturated heterocycles. The van der Waals surface area contributed by atoms with Crippen LogP contribution in [0.1, 0.15) is 35.1 Å². The van der Waals surface area contributed by atoms with Gasteiger partial charge in [0.1, 0.15) is 11.6 Å². The molecule has 0 aliphatic heterocycles. The molecule has 2 rings (SSSR count). The van der Waals surface area contributed by atoms with Crippen LogP contribution in [0, 0.1) is 6.92 Å². The maximum absolute atomic E-state index is 12.3. The molecule has 0 fully saturated rings. The maximum atomic E-state index is 12.3. The first-order chi connectivity index (χ1) is 9.65. The number of methoxy groups -OCH3 is 1. The van der Waals surface area contributed by atoms with Crippen molar-refractivity contribution in [2.45, 2.75) is 33.2 Å². The summed E-state index contributed by atoms with van der Waals surface area (Å²) in [4.78, 5) is 16.6. The number of nitrogens with zero attached hydrogens (tertiary/aromatic N) is 2. The molecule has 0 bridgehead atoms. The second-order valence-corrected chi connectivity index (χ2v) is 4.82. The summed E-state index contributed by atoms with van der Waals surface area (Å²) < 4.78 is 7.24. The Labute approximate surface area is 119 Å². The third-order valence-corrected chi connectivity index (χ3v) is 3.30. The van der Waals surface area contributed by atoms with E-state index in [1.165, 1.54) is 0 Å². The number of carbonyl (C=O) groups excluding carboxylic acids is 1. The molecule has 0 aliphatic rings. The van der Waals surface area contributed by atoms with Crippen molar-refractivity contribution in [1.82, 2.24) is 9.55 Å². The number of aryl methyl sites for hydroxylation is 2. The van der Waals surface area contributed by atoms with Crippen molar-refractivity contribution < 1.29 is 9.53 Å². The lowest BCUT2D eigenvalue weighted by Crippen LogP contribution is -2.10. The lowest BCUT2D eigenvalue weighted by molar-refractivity contribution is 0.0989. The highest BCUT2D eigenvalue weighted by molar-refractivity contribution is 5.97. The summed E-state index contributed by atoms with van der Waals surface area (Å²) in [5.41, 5.74) is 1.67. The molecule has 1 aromatic heterocycles. The van der Waals surface area contributed by atoms with Crippen LogP contribution in [0.3, 0.4) is 0 Å². The van der Waals surface area contributed by atoms with Crippen molar-refractivity contribution in [3.63, 3.8) is 0 Å². The summed E-state index contributed by atoms with van der Waals surface area (Å²) in [5, 5.41) is 0. The average Bonchev–Trinajstić information content (AvgIpc) is 2.86. The molecule has 20 heavy (non-hydrogen) atoms. The van der Waals surface area contributed by atoms with Gasteiger partial charge in [-0.15, -0.1) is 0 Å². The minimum Gasteiger partial charge on any atom is -0.496 e. The topological polar surface area (TPSA) is 44.1 Å². The summed E-state index contributed by atoms with van der Waals surface area (Å²) in [6.07, 6.45) is 5.03. The van der Waals surface area contributed by atoms with Gasteiger partial charge in [0, 0.05) is 24.5 Å². The number of carbonyl (C=O) groups is 1. The highest BCUT2D eigenvalue weighted by Crippen LogP contribution is 2.19. The molecule has 4 heteroatoms. The normalized spacial score (nSPS) is 10.6. The minimum absolute atomic E-state index is 0.0827. The SMILES string of the molecule is CCCn1ccnc1CC(=O)c1ccc(OC)c(C)c1. The Bertz CT molecular complexity index is 602. The maximum Gasteiger partial charge on any atom is 0.170 e. The molecular weight excluding hydrogens is 252 g/mol. The number of imidazole rings is 1. The van der Waals surface area contributed by atoms with Gasteiger partial charge in [0.15, 0.2) is 5.78 Å². The van der Waals surface area contributed by atoms with Crippen molar-refractivity contribution in [2.75, 3.05) is 7.11 Å². The lowest BCUT2D eigenvalue weighted by Gasteiger charge is -2.08. The lowest BCUT2D eigenvalue weighted by atomic mass is 10.0. The fraction of sp³-hybridized carbons (Fsp3) is 0.375. The third kappa shape index (κ3) is 3.07. The van der Waals surface area contributed by atoms with Crippen molar-refractivity contribution in [3.05, 3.63) is 47.5 Å². The molecule has 0 saturated carbocycles. The Balaban J connectivity index is 2.15. The van der Waals surface area contributed by atoms with Crippen LogP contribution in [-0.4, -0.2) is 22.4 Å². The van der Waals surface area contributed by atoms with E-state index < -0.39 is 0 Å². The van der Waals surface area contributed by atoms with Crippen molar-refractivity contribution in [3.8, 4) is 5.75 Å². The summed E-state index contributed by atoms with van der Waals surface area (Å²) in [6, 6.07) is 5.51. The van der Waals surface area contributed by atoms with Gasteiger partial charge in [0.25, 0.3) is 0 Å². The van der Waals surface area contributed by atoms with Gasteiger partial charge in [-0.3, -0.25) is 4.79 Å². The van der Waals surface area contributed by atoms with E-state index in [9.17, 15) is 4.79 Å². The van der Waals surface area contributed by atoms with Gasteiger partial charge in [0.2, 0.25) is 0 Å². The van der Waals surface area contributed by atoms with E-state index in [0.29, 0.717) is 12.0 Å². The highest BCUT2D eigenvalue weighted by atomic mass is 16.5. The Morgan fingerprint density at radius 3 is 2.85 bits per heavy atom. The first-order valence-corrected chi connectivity index (χ1v) is 6.83. The quantitative estimate of drug-likeness (QED) is 0.759. The van der Waals surface area contributed by atoms with Crippen LogP contribution in [-0.2, 0) is 13.0 Å². The zero-order chi connectivity index (χ0) is 14.5. The molecule has 4 nitrogen and oxygen atoms in total. The third-order valence-electron chi connectivity index (χ3n) is 3.30. The number of ketones is 1. The van der Waals surface area contributed by atoms with E-state index in [-0.39, 0.29) is 5.78 Å². The van der Waals surface area contributed by atoms with Crippen LogP contribution < -0.4 is 4.74 Å². The average molecular weight is 272 g/mol. The van der Waals surface area contributed by atoms with Crippen molar-refractivity contribution >= 4 is 5.78 Å². The molecule has 0 N–H and O–H groups in total. The molecule has 0 aliphatic carbocycles. The summed E-state index contributed by atoms with van der Waals surface area (Å²) in [7, 11) is 1.63. The molecular formula is C16H20N2O2. The number of benzene rings is 1. The van der Waals surface area contributed by atoms with E-state index >= 15 is 0 Å². The molecule has 0 atom stereocenters. The van der Waals surface area contributed by atoms with Crippen LogP contribution >= 0.6 is 0 Å². The number of Topliss-reactive ketones (excluding diaryl/α,β-unsaturated/α-hetero) is 1. The first-order valence-electron chi connectivity index (χ1n) is 6.83. The highest BCUT2D eigenvalue weighted by Gasteiger charge is 2.12. The molecule has 0 amide bonds. The van der Waals surface area contributed by atoms with Gasteiger partial charge in [-0.05, 0) is 37.1 Å². The van der Waals surface area contributed by atoms with Gasteiger partial charge < -0.3 is 9.30 Å². The second kappa shape index (κ2) is 6.37. The predicted molar refractivity (Wildman–Crippen MR) is 78.3 cm³/mol. The molecule has 0 unspecified atom stereocenters. The fourth-order valence-corrected chi connectivity index (χ4v) is 2.25.